The van der Waals surface area contributed by atoms with E-state index >= 15 is 4.39 Å². The van der Waals surface area contributed by atoms with E-state index in [2.05, 4.69) is 56.2 Å². The number of imidazole rings is 1. The summed E-state index contributed by atoms with van der Waals surface area (Å²) in [6, 6.07) is 8.66. The first-order chi connectivity index (χ1) is 18.2. The molecule has 0 amide bonds. The quantitative estimate of drug-likeness (QED) is 0.198. The van der Waals surface area contributed by atoms with E-state index in [9.17, 15) is 5.11 Å². The molecule has 0 saturated heterocycles. The van der Waals surface area contributed by atoms with Crippen molar-refractivity contribution >= 4 is 27.8 Å². The van der Waals surface area contributed by atoms with Crippen molar-refractivity contribution in [3.63, 3.8) is 0 Å². The number of furan rings is 1. The number of rotatable bonds is 6. The fourth-order valence-electron chi connectivity index (χ4n) is 4.61. The third-order valence-electron chi connectivity index (χ3n) is 6.29. The van der Waals surface area contributed by atoms with Gasteiger partial charge in [-0.3, -0.25) is 10.1 Å². The zero-order valence-corrected chi connectivity index (χ0v) is 21.1. The predicted molar refractivity (Wildman–Crippen MR) is 144 cm³/mol. The Morgan fingerprint density at radius 1 is 1.11 bits per heavy atom. The number of nitrogens with zero attached hydrogens (tertiary/aromatic N) is 4. The molecule has 9 nitrogen and oxygen atoms in total. The number of aromatic nitrogens is 6. The molecule has 0 aliphatic carbocycles. The lowest BCUT2D eigenvalue weighted by Crippen LogP contribution is -2.25. The number of hydrogen-bond acceptors (Lipinski definition) is 7. The number of fused-ring (bicyclic) bond motifs is 2. The number of aliphatic hydroxyl groups is 1. The van der Waals surface area contributed by atoms with Gasteiger partial charge in [0.15, 0.2) is 11.5 Å². The predicted octanol–water partition coefficient (Wildman–Crippen LogP) is 6.13. The van der Waals surface area contributed by atoms with Crippen LogP contribution in [-0.2, 0) is 0 Å². The van der Waals surface area contributed by atoms with E-state index in [1.54, 1.807) is 43.2 Å². The zero-order chi connectivity index (χ0) is 26.4. The van der Waals surface area contributed by atoms with Crippen LogP contribution in [0.4, 0.5) is 10.1 Å². The fraction of sp³-hybridized carbons (Fsp3) is 0.214. The molecule has 5 aromatic heterocycles. The summed E-state index contributed by atoms with van der Waals surface area (Å²) in [7, 11) is 0. The molecule has 1 aromatic carbocycles. The fourth-order valence-corrected chi connectivity index (χ4v) is 4.61. The number of H-pyrrole nitrogens is 2. The molecular weight excluding hydrogens is 485 g/mol. The first-order valence-corrected chi connectivity index (χ1v) is 12.2. The molecule has 10 heteroatoms. The highest BCUT2D eigenvalue weighted by molar-refractivity contribution is 5.97. The van der Waals surface area contributed by atoms with Gasteiger partial charge in [0, 0.05) is 46.1 Å². The lowest BCUT2D eigenvalue weighted by molar-refractivity contribution is 0.145. The van der Waals surface area contributed by atoms with Crippen LogP contribution in [-0.4, -0.2) is 41.5 Å². The van der Waals surface area contributed by atoms with Gasteiger partial charge in [-0.1, -0.05) is 20.8 Å². The van der Waals surface area contributed by atoms with Gasteiger partial charge in [-0.2, -0.15) is 5.10 Å². The molecule has 0 aliphatic heterocycles. The Morgan fingerprint density at radius 2 is 1.97 bits per heavy atom. The number of halogens is 1. The number of aromatic amines is 2. The summed E-state index contributed by atoms with van der Waals surface area (Å²) in [4.78, 5) is 16.6. The second-order valence-electron chi connectivity index (χ2n) is 10.5. The SMILES string of the molecule is CC(C)(C)CC(O)Nc1cncc(-c2cc3c(-c4nc5nccc(-c6ccoc6)c5[nH]4)n[nH]c3cc2F)c1. The van der Waals surface area contributed by atoms with Crippen LogP contribution in [0, 0.1) is 11.2 Å². The van der Waals surface area contributed by atoms with Gasteiger partial charge in [-0.05, 0) is 36.1 Å². The molecular formula is C28H26FN7O2. The molecule has 0 radical (unpaired) electrons. The minimum absolute atomic E-state index is 0.0578. The van der Waals surface area contributed by atoms with Gasteiger partial charge >= 0.3 is 0 Å². The van der Waals surface area contributed by atoms with Crippen LogP contribution in [0.1, 0.15) is 27.2 Å². The molecule has 0 aliphatic rings. The number of nitrogens with one attached hydrogen (secondary N) is 3. The highest BCUT2D eigenvalue weighted by Crippen LogP contribution is 2.34. The number of hydrogen-bond donors (Lipinski definition) is 4. The van der Waals surface area contributed by atoms with Crippen molar-refractivity contribution in [2.45, 2.75) is 33.4 Å². The zero-order valence-electron chi connectivity index (χ0n) is 21.1. The third kappa shape index (κ3) is 4.50. The molecule has 0 bridgehead atoms. The van der Waals surface area contributed by atoms with E-state index in [0.29, 0.717) is 51.3 Å². The largest absolute Gasteiger partial charge is 0.472 e. The Morgan fingerprint density at radius 3 is 2.76 bits per heavy atom. The maximum Gasteiger partial charge on any atom is 0.178 e. The van der Waals surface area contributed by atoms with Gasteiger partial charge in [0.05, 0.1) is 35.4 Å². The maximum atomic E-state index is 15.2. The minimum Gasteiger partial charge on any atom is -0.472 e. The van der Waals surface area contributed by atoms with Crippen LogP contribution >= 0.6 is 0 Å². The average Bonchev–Trinajstić information content (AvgIpc) is 3.61. The molecule has 38 heavy (non-hydrogen) atoms. The Labute approximate surface area is 217 Å². The Kier molecular flexibility index (Phi) is 5.68. The van der Waals surface area contributed by atoms with E-state index in [-0.39, 0.29) is 5.41 Å². The molecule has 5 heterocycles. The summed E-state index contributed by atoms with van der Waals surface area (Å²) in [6.45, 7) is 6.15. The summed E-state index contributed by atoms with van der Waals surface area (Å²) >= 11 is 0. The van der Waals surface area contributed by atoms with Crippen molar-refractivity contribution in [3.8, 4) is 33.8 Å². The van der Waals surface area contributed by atoms with Crippen LogP contribution in [0.5, 0.6) is 0 Å². The molecule has 1 unspecified atom stereocenters. The van der Waals surface area contributed by atoms with E-state index in [4.69, 9.17) is 4.42 Å². The number of benzene rings is 1. The topological polar surface area (TPSA) is 129 Å². The lowest BCUT2D eigenvalue weighted by Gasteiger charge is -2.23. The van der Waals surface area contributed by atoms with Crippen molar-refractivity contribution in [3.05, 3.63) is 67.3 Å². The summed E-state index contributed by atoms with van der Waals surface area (Å²) in [5.41, 5.74) is 5.63. The smallest absolute Gasteiger partial charge is 0.178 e. The molecule has 6 aromatic rings. The number of anilines is 1. The third-order valence-corrected chi connectivity index (χ3v) is 6.29. The first-order valence-electron chi connectivity index (χ1n) is 12.2. The summed E-state index contributed by atoms with van der Waals surface area (Å²) in [5.74, 6) is 0.0847. The first kappa shape index (κ1) is 23.8. The van der Waals surface area contributed by atoms with E-state index in [1.807, 2.05) is 12.1 Å². The molecule has 0 spiro atoms. The van der Waals surface area contributed by atoms with Crippen molar-refractivity contribution < 1.29 is 13.9 Å². The van der Waals surface area contributed by atoms with Crippen molar-refractivity contribution in [1.29, 1.82) is 0 Å². The normalized spacial score (nSPS) is 12.9. The molecule has 192 valence electrons. The lowest BCUT2D eigenvalue weighted by atomic mass is 9.91. The number of pyridine rings is 2. The Bertz CT molecular complexity index is 1750. The van der Waals surface area contributed by atoms with Crippen LogP contribution in [0.2, 0.25) is 0 Å². The summed E-state index contributed by atoms with van der Waals surface area (Å²) in [6.07, 6.45) is 7.95. The van der Waals surface area contributed by atoms with Crippen LogP contribution in [0.3, 0.4) is 0 Å². The Hall–Kier alpha value is -4.57. The van der Waals surface area contributed by atoms with Gasteiger partial charge in [-0.25, -0.2) is 14.4 Å². The molecule has 1 atom stereocenters. The van der Waals surface area contributed by atoms with Crippen molar-refractivity contribution in [2.75, 3.05) is 5.32 Å². The summed E-state index contributed by atoms with van der Waals surface area (Å²) < 4.78 is 20.5. The number of aliphatic hydroxyl groups excluding tert-OH is 1. The molecule has 0 fully saturated rings. The van der Waals surface area contributed by atoms with E-state index in [1.165, 1.54) is 6.07 Å². The summed E-state index contributed by atoms with van der Waals surface area (Å²) in [5, 5.41) is 21.5. The highest BCUT2D eigenvalue weighted by atomic mass is 19.1. The van der Waals surface area contributed by atoms with Gasteiger partial charge in [0.1, 0.15) is 17.7 Å². The Balaban J connectivity index is 1.39. The molecule has 6 rings (SSSR count). The van der Waals surface area contributed by atoms with Gasteiger partial charge in [-0.15, -0.1) is 0 Å². The second-order valence-corrected chi connectivity index (χ2v) is 10.5. The van der Waals surface area contributed by atoms with Crippen molar-refractivity contribution in [2.24, 2.45) is 5.41 Å². The maximum absolute atomic E-state index is 15.2. The van der Waals surface area contributed by atoms with Gasteiger partial charge in [0.25, 0.3) is 0 Å². The van der Waals surface area contributed by atoms with Crippen LogP contribution in [0.15, 0.2) is 65.9 Å². The van der Waals surface area contributed by atoms with Gasteiger partial charge < -0.3 is 19.8 Å². The van der Waals surface area contributed by atoms with E-state index in [0.717, 1.165) is 16.6 Å². The van der Waals surface area contributed by atoms with Crippen LogP contribution in [0.25, 0.3) is 55.8 Å². The minimum atomic E-state index is -0.756. The highest BCUT2D eigenvalue weighted by Gasteiger charge is 2.20. The van der Waals surface area contributed by atoms with Crippen LogP contribution < -0.4 is 5.32 Å². The average molecular weight is 512 g/mol. The monoisotopic (exact) mass is 511 g/mol. The van der Waals surface area contributed by atoms with E-state index < -0.39 is 12.0 Å². The van der Waals surface area contributed by atoms with Crippen molar-refractivity contribution in [1.82, 2.24) is 30.1 Å². The molecule has 0 saturated carbocycles. The molecule has 4 N–H and O–H groups in total. The van der Waals surface area contributed by atoms with Gasteiger partial charge in [0.2, 0.25) is 0 Å². The standard InChI is InChI=1S/C28H26FN7O2/c1-28(2,3)11-23(37)32-17-8-16(12-30-13-17)19-9-20-22(10-21(19)29)35-36-25(20)27-33-24-18(15-5-7-38-14-15)4-6-31-26(24)34-27/h4-10,12-14,23,32,37H,11H2,1-3H3,(H,35,36)(H,31,33,34). The second kappa shape index (κ2) is 9.07.